The van der Waals surface area contributed by atoms with Gasteiger partial charge in [-0.2, -0.15) is 11.8 Å². The maximum absolute atomic E-state index is 10.6. The summed E-state index contributed by atoms with van der Waals surface area (Å²) in [4.78, 5) is 12.6. The molecule has 0 aromatic heterocycles. The first kappa shape index (κ1) is 9.83. The molecule has 1 fully saturated rings. The standard InChI is InChI=1S/C7H14N2O2S/c1-9-2-3-12-4-5(9)6(8)7(10)11/h5-6H,2-4,8H2,1H3,(H,10,11). The molecule has 1 rings (SSSR count). The zero-order valence-corrected chi connectivity index (χ0v) is 7.88. The maximum Gasteiger partial charge on any atom is 0.322 e. The Morgan fingerprint density at radius 3 is 3.00 bits per heavy atom. The van der Waals surface area contributed by atoms with Gasteiger partial charge in [0.25, 0.3) is 0 Å². The SMILES string of the molecule is CN1CCSCC1C(N)C(=O)O. The van der Waals surface area contributed by atoms with Crippen LogP contribution in [-0.4, -0.2) is 53.2 Å². The molecule has 1 saturated heterocycles. The van der Waals surface area contributed by atoms with Crippen molar-refractivity contribution in [1.82, 2.24) is 4.90 Å². The molecule has 1 aliphatic heterocycles. The summed E-state index contributed by atoms with van der Waals surface area (Å²) < 4.78 is 0. The molecular formula is C7H14N2O2S. The van der Waals surface area contributed by atoms with E-state index >= 15 is 0 Å². The smallest absolute Gasteiger partial charge is 0.322 e. The summed E-state index contributed by atoms with van der Waals surface area (Å²) in [5.74, 6) is 0.984. The molecule has 5 heteroatoms. The normalized spacial score (nSPS) is 28.3. The van der Waals surface area contributed by atoms with Crippen molar-refractivity contribution in [2.24, 2.45) is 5.73 Å². The van der Waals surface area contributed by atoms with E-state index in [9.17, 15) is 4.79 Å². The Hall–Kier alpha value is -0.260. The van der Waals surface area contributed by atoms with Crippen molar-refractivity contribution in [2.45, 2.75) is 12.1 Å². The summed E-state index contributed by atoms with van der Waals surface area (Å²) in [5, 5.41) is 8.69. The second-order valence-electron chi connectivity index (χ2n) is 2.99. The summed E-state index contributed by atoms with van der Waals surface area (Å²) in [7, 11) is 1.92. The van der Waals surface area contributed by atoms with E-state index in [1.807, 2.05) is 11.9 Å². The maximum atomic E-state index is 10.6. The van der Waals surface area contributed by atoms with Gasteiger partial charge in [0.05, 0.1) is 0 Å². The van der Waals surface area contributed by atoms with Crippen LogP contribution in [0.5, 0.6) is 0 Å². The fourth-order valence-corrected chi connectivity index (χ4v) is 2.54. The molecule has 0 saturated carbocycles. The zero-order chi connectivity index (χ0) is 9.14. The molecule has 12 heavy (non-hydrogen) atoms. The van der Waals surface area contributed by atoms with Gasteiger partial charge in [-0.05, 0) is 7.05 Å². The van der Waals surface area contributed by atoms with E-state index in [1.54, 1.807) is 11.8 Å². The molecule has 1 heterocycles. The second kappa shape index (κ2) is 4.11. The third kappa shape index (κ3) is 2.12. The van der Waals surface area contributed by atoms with E-state index in [4.69, 9.17) is 10.8 Å². The lowest BCUT2D eigenvalue weighted by Gasteiger charge is -2.34. The molecule has 2 unspecified atom stereocenters. The molecule has 70 valence electrons. The Morgan fingerprint density at radius 1 is 1.83 bits per heavy atom. The fourth-order valence-electron chi connectivity index (χ4n) is 1.25. The Morgan fingerprint density at radius 2 is 2.50 bits per heavy atom. The molecule has 2 atom stereocenters. The van der Waals surface area contributed by atoms with E-state index in [-0.39, 0.29) is 6.04 Å². The Labute approximate surface area is 76.1 Å². The Balaban J connectivity index is 2.53. The number of carbonyl (C=O) groups is 1. The Bertz CT molecular complexity index is 177. The van der Waals surface area contributed by atoms with Crippen LogP contribution in [0.25, 0.3) is 0 Å². The van der Waals surface area contributed by atoms with Crippen LogP contribution in [0, 0.1) is 0 Å². The number of aliphatic carboxylic acids is 1. The van der Waals surface area contributed by atoms with Gasteiger partial charge in [0, 0.05) is 24.1 Å². The van der Waals surface area contributed by atoms with Crippen molar-refractivity contribution in [3.05, 3.63) is 0 Å². The van der Waals surface area contributed by atoms with Crippen LogP contribution in [0.4, 0.5) is 0 Å². The minimum atomic E-state index is -0.908. The third-order valence-electron chi connectivity index (χ3n) is 2.14. The van der Waals surface area contributed by atoms with Crippen molar-refractivity contribution in [3.63, 3.8) is 0 Å². The zero-order valence-electron chi connectivity index (χ0n) is 7.06. The first-order valence-corrected chi connectivity index (χ1v) is 5.05. The van der Waals surface area contributed by atoms with E-state index in [0.29, 0.717) is 0 Å². The van der Waals surface area contributed by atoms with E-state index in [2.05, 4.69) is 0 Å². The highest BCUT2D eigenvalue weighted by atomic mass is 32.2. The lowest BCUT2D eigenvalue weighted by Crippen LogP contribution is -2.54. The van der Waals surface area contributed by atoms with Crippen molar-refractivity contribution < 1.29 is 9.90 Å². The molecule has 0 aromatic rings. The fraction of sp³-hybridized carbons (Fsp3) is 0.857. The predicted octanol–water partition coefficient (Wildman–Crippen LogP) is -0.554. The molecule has 4 nitrogen and oxygen atoms in total. The monoisotopic (exact) mass is 190 g/mol. The van der Waals surface area contributed by atoms with Gasteiger partial charge in [-0.15, -0.1) is 0 Å². The average molecular weight is 190 g/mol. The number of likely N-dealkylation sites (N-methyl/N-ethyl adjacent to an activating group) is 1. The quantitative estimate of drug-likeness (QED) is 0.611. The number of carboxylic acids is 1. The van der Waals surface area contributed by atoms with Crippen LogP contribution in [0.1, 0.15) is 0 Å². The molecule has 0 amide bonds. The lowest BCUT2D eigenvalue weighted by atomic mass is 10.1. The predicted molar refractivity (Wildman–Crippen MR) is 49.4 cm³/mol. The summed E-state index contributed by atoms with van der Waals surface area (Å²) in [5.41, 5.74) is 5.53. The Kier molecular flexibility index (Phi) is 3.37. The number of hydrogen-bond acceptors (Lipinski definition) is 4. The summed E-state index contributed by atoms with van der Waals surface area (Å²) in [6, 6.07) is -0.760. The minimum absolute atomic E-state index is 0.0127. The van der Waals surface area contributed by atoms with Crippen molar-refractivity contribution in [1.29, 1.82) is 0 Å². The molecule has 0 radical (unpaired) electrons. The van der Waals surface area contributed by atoms with Gasteiger partial charge in [0.2, 0.25) is 0 Å². The van der Waals surface area contributed by atoms with Crippen LogP contribution >= 0.6 is 11.8 Å². The van der Waals surface area contributed by atoms with Crippen LogP contribution in [0.2, 0.25) is 0 Å². The number of nitrogens with two attached hydrogens (primary N) is 1. The number of hydrogen-bond donors (Lipinski definition) is 2. The van der Waals surface area contributed by atoms with Crippen molar-refractivity contribution >= 4 is 17.7 Å². The molecular weight excluding hydrogens is 176 g/mol. The van der Waals surface area contributed by atoms with Gasteiger partial charge < -0.3 is 10.8 Å². The number of rotatable bonds is 2. The van der Waals surface area contributed by atoms with Gasteiger partial charge in [-0.25, -0.2) is 0 Å². The van der Waals surface area contributed by atoms with Gasteiger partial charge in [0.1, 0.15) is 6.04 Å². The van der Waals surface area contributed by atoms with Crippen LogP contribution in [0.3, 0.4) is 0 Å². The lowest BCUT2D eigenvalue weighted by molar-refractivity contribution is -0.139. The minimum Gasteiger partial charge on any atom is -0.480 e. The van der Waals surface area contributed by atoms with Crippen LogP contribution in [0.15, 0.2) is 0 Å². The second-order valence-corrected chi connectivity index (χ2v) is 4.14. The van der Waals surface area contributed by atoms with E-state index < -0.39 is 12.0 Å². The van der Waals surface area contributed by atoms with E-state index in [1.165, 1.54) is 0 Å². The molecule has 3 N–H and O–H groups in total. The topological polar surface area (TPSA) is 66.6 Å². The highest BCUT2D eigenvalue weighted by Gasteiger charge is 2.29. The van der Waals surface area contributed by atoms with Crippen molar-refractivity contribution in [2.75, 3.05) is 25.1 Å². The molecule has 0 aliphatic carbocycles. The van der Waals surface area contributed by atoms with Gasteiger partial charge in [0.15, 0.2) is 0 Å². The van der Waals surface area contributed by atoms with Crippen molar-refractivity contribution in [3.8, 4) is 0 Å². The van der Waals surface area contributed by atoms with Crippen LogP contribution in [-0.2, 0) is 4.79 Å². The van der Waals surface area contributed by atoms with Gasteiger partial charge >= 0.3 is 5.97 Å². The van der Waals surface area contributed by atoms with E-state index in [0.717, 1.165) is 18.1 Å². The highest BCUT2D eigenvalue weighted by molar-refractivity contribution is 7.99. The molecule has 1 aliphatic rings. The first-order valence-electron chi connectivity index (χ1n) is 3.89. The number of thioether (sulfide) groups is 1. The molecule has 0 aromatic carbocycles. The average Bonchev–Trinajstić information content (AvgIpc) is 2.04. The largest absolute Gasteiger partial charge is 0.480 e. The summed E-state index contributed by atoms with van der Waals surface area (Å²) >= 11 is 1.77. The molecule has 0 bridgehead atoms. The first-order chi connectivity index (χ1) is 5.63. The summed E-state index contributed by atoms with van der Waals surface area (Å²) in [6.45, 7) is 0.927. The third-order valence-corrected chi connectivity index (χ3v) is 3.19. The molecule has 0 spiro atoms. The van der Waals surface area contributed by atoms with Gasteiger partial charge in [-0.1, -0.05) is 0 Å². The highest BCUT2D eigenvalue weighted by Crippen LogP contribution is 2.16. The summed E-state index contributed by atoms with van der Waals surface area (Å²) in [6.07, 6.45) is 0. The number of nitrogens with zero attached hydrogens (tertiary/aromatic N) is 1. The van der Waals surface area contributed by atoms with Gasteiger partial charge in [-0.3, -0.25) is 9.69 Å². The number of carboxylic acid groups (broad SMARTS) is 1. The van der Waals surface area contributed by atoms with Crippen LogP contribution < -0.4 is 5.73 Å².